The largest absolute Gasteiger partial charge is 0.313 e. The second-order valence-corrected chi connectivity index (χ2v) is 9.11. The van der Waals surface area contributed by atoms with E-state index in [0.29, 0.717) is 12.0 Å². The van der Waals surface area contributed by atoms with Gasteiger partial charge in [-0.05, 0) is 73.4 Å². The number of aryl methyl sites for hydroxylation is 1. The Morgan fingerprint density at radius 3 is 2.54 bits per heavy atom. The van der Waals surface area contributed by atoms with Gasteiger partial charge in [0.1, 0.15) is 0 Å². The van der Waals surface area contributed by atoms with Crippen LogP contribution in [0, 0.1) is 5.92 Å². The van der Waals surface area contributed by atoms with E-state index in [-0.39, 0.29) is 0 Å². The molecule has 0 bridgehead atoms. The van der Waals surface area contributed by atoms with Crippen LogP contribution in [0.5, 0.6) is 0 Å². The van der Waals surface area contributed by atoms with Crippen molar-refractivity contribution in [1.82, 2.24) is 5.32 Å². The average molecular weight is 412 g/mol. The van der Waals surface area contributed by atoms with Gasteiger partial charge in [-0.2, -0.15) is 0 Å². The zero-order valence-electron chi connectivity index (χ0n) is 15.6. The molecular formula is C24H30BrN. The smallest absolute Gasteiger partial charge is 0.0178 e. The first-order valence-electron chi connectivity index (χ1n) is 10.4. The standard InChI is InChI=1S/C24H30BrN/c25-21-12-13-22-20(16-21)11-14-24(26-17-19-9-5-2-6-10-19)23(22)15-18-7-3-1-4-8-18/h1,3-4,7-8,12-13,16,19,23-24,26H,2,5-6,9-11,14-15,17H2. The van der Waals surface area contributed by atoms with Gasteiger partial charge < -0.3 is 5.32 Å². The predicted octanol–water partition coefficient (Wildman–Crippen LogP) is 6.26. The molecule has 2 aromatic carbocycles. The Hall–Kier alpha value is -1.12. The van der Waals surface area contributed by atoms with Crippen LogP contribution in [-0.2, 0) is 12.8 Å². The summed E-state index contributed by atoms with van der Waals surface area (Å²) in [6.07, 6.45) is 10.7. The number of halogens is 1. The van der Waals surface area contributed by atoms with Crippen LogP contribution in [0.1, 0.15) is 61.1 Å². The van der Waals surface area contributed by atoms with Gasteiger partial charge in [-0.25, -0.2) is 0 Å². The molecule has 0 aliphatic heterocycles. The van der Waals surface area contributed by atoms with E-state index < -0.39 is 0 Å². The van der Waals surface area contributed by atoms with Crippen molar-refractivity contribution in [2.24, 2.45) is 5.92 Å². The normalized spacial score (nSPS) is 23.6. The molecule has 0 aromatic heterocycles. The van der Waals surface area contributed by atoms with Crippen LogP contribution in [0.2, 0.25) is 0 Å². The van der Waals surface area contributed by atoms with Crippen molar-refractivity contribution in [2.45, 2.75) is 63.3 Å². The maximum atomic E-state index is 4.01. The van der Waals surface area contributed by atoms with Gasteiger partial charge in [-0.15, -0.1) is 0 Å². The highest BCUT2D eigenvalue weighted by molar-refractivity contribution is 9.10. The minimum atomic E-state index is 0.581. The fourth-order valence-corrected chi connectivity index (χ4v) is 5.36. The van der Waals surface area contributed by atoms with Crippen molar-refractivity contribution in [3.05, 3.63) is 69.7 Å². The topological polar surface area (TPSA) is 12.0 Å². The van der Waals surface area contributed by atoms with Crippen molar-refractivity contribution in [3.8, 4) is 0 Å². The molecule has 138 valence electrons. The Morgan fingerprint density at radius 1 is 0.923 bits per heavy atom. The van der Waals surface area contributed by atoms with Gasteiger partial charge >= 0.3 is 0 Å². The Balaban J connectivity index is 1.52. The van der Waals surface area contributed by atoms with Crippen LogP contribution in [0.3, 0.4) is 0 Å². The van der Waals surface area contributed by atoms with Crippen LogP contribution < -0.4 is 5.32 Å². The lowest BCUT2D eigenvalue weighted by molar-refractivity contribution is 0.301. The molecule has 1 nitrogen and oxygen atoms in total. The summed E-state index contributed by atoms with van der Waals surface area (Å²) < 4.78 is 1.21. The summed E-state index contributed by atoms with van der Waals surface area (Å²) in [5.41, 5.74) is 4.55. The first kappa shape index (κ1) is 18.3. The highest BCUT2D eigenvalue weighted by Crippen LogP contribution is 2.36. The monoisotopic (exact) mass is 411 g/mol. The number of benzene rings is 2. The molecule has 0 radical (unpaired) electrons. The summed E-state index contributed by atoms with van der Waals surface area (Å²) >= 11 is 3.66. The average Bonchev–Trinajstić information content (AvgIpc) is 2.69. The third-order valence-electron chi connectivity index (χ3n) is 6.41. The number of hydrogen-bond acceptors (Lipinski definition) is 1. The molecule has 1 N–H and O–H groups in total. The molecule has 0 saturated heterocycles. The van der Waals surface area contributed by atoms with Gasteiger partial charge in [-0.1, -0.05) is 71.6 Å². The molecule has 1 fully saturated rings. The quantitative estimate of drug-likeness (QED) is 0.611. The van der Waals surface area contributed by atoms with E-state index in [1.807, 2.05) is 0 Å². The Morgan fingerprint density at radius 2 is 1.73 bits per heavy atom. The number of rotatable bonds is 5. The second-order valence-electron chi connectivity index (χ2n) is 8.20. The lowest BCUT2D eigenvalue weighted by Crippen LogP contribution is -2.41. The van der Waals surface area contributed by atoms with E-state index in [9.17, 15) is 0 Å². The fourth-order valence-electron chi connectivity index (χ4n) is 4.96. The van der Waals surface area contributed by atoms with Gasteiger partial charge in [0.2, 0.25) is 0 Å². The highest BCUT2D eigenvalue weighted by Gasteiger charge is 2.30. The van der Waals surface area contributed by atoms with Gasteiger partial charge in [0.15, 0.2) is 0 Å². The maximum Gasteiger partial charge on any atom is 0.0178 e. The summed E-state index contributed by atoms with van der Waals surface area (Å²) in [5.74, 6) is 1.48. The Labute approximate surface area is 166 Å². The van der Waals surface area contributed by atoms with Crippen molar-refractivity contribution >= 4 is 15.9 Å². The van der Waals surface area contributed by atoms with Gasteiger partial charge in [0.25, 0.3) is 0 Å². The third kappa shape index (κ3) is 4.40. The highest BCUT2D eigenvalue weighted by atomic mass is 79.9. The molecule has 2 aliphatic carbocycles. The fraction of sp³-hybridized carbons (Fsp3) is 0.500. The molecule has 0 amide bonds. The molecule has 0 heterocycles. The molecule has 2 heteroatoms. The second kappa shape index (κ2) is 8.71. The number of hydrogen-bond donors (Lipinski definition) is 1. The van der Waals surface area contributed by atoms with Gasteiger partial charge in [0, 0.05) is 16.4 Å². The number of fused-ring (bicyclic) bond motifs is 1. The van der Waals surface area contributed by atoms with E-state index >= 15 is 0 Å². The molecule has 26 heavy (non-hydrogen) atoms. The lowest BCUT2D eigenvalue weighted by atomic mass is 9.76. The molecule has 0 spiro atoms. The SMILES string of the molecule is Brc1ccc2c(c1)CCC(NCC1CCCCC1)C2Cc1ccccc1. The summed E-state index contributed by atoms with van der Waals surface area (Å²) in [4.78, 5) is 0. The molecule has 1 saturated carbocycles. The molecule has 2 aromatic rings. The minimum Gasteiger partial charge on any atom is -0.313 e. The van der Waals surface area contributed by atoms with E-state index in [1.165, 1.54) is 67.1 Å². The molecule has 2 unspecified atom stereocenters. The molecule has 4 rings (SSSR count). The molecule has 2 atom stereocenters. The van der Waals surface area contributed by atoms with Crippen LogP contribution >= 0.6 is 15.9 Å². The number of nitrogens with one attached hydrogen (secondary N) is 1. The van der Waals surface area contributed by atoms with Crippen LogP contribution in [-0.4, -0.2) is 12.6 Å². The molecule has 2 aliphatic rings. The van der Waals surface area contributed by atoms with Crippen LogP contribution in [0.15, 0.2) is 53.0 Å². The van der Waals surface area contributed by atoms with E-state index in [0.717, 1.165) is 12.3 Å². The van der Waals surface area contributed by atoms with E-state index in [4.69, 9.17) is 0 Å². The Bertz CT molecular complexity index is 705. The first-order valence-corrected chi connectivity index (χ1v) is 11.1. The van der Waals surface area contributed by atoms with Gasteiger partial charge in [0.05, 0.1) is 0 Å². The molecular weight excluding hydrogens is 382 g/mol. The summed E-state index contributed by atoms with van der Waals surface area (Å²) in [6, 6.07) is 18.6. The van der Waals surface area contributed by atoms with E-state index in [2.05, 4.69) is 69.8 Å². The zero-order chi connectivity index (χ0) is 17.8. The van der Waals surface area contributed by atoms with Crippen LogP contribution in [0.4, 0.5) is 0 Å². The summed E-state index contributed by atoms with van der Waals surface area (Å²) in [5, 5.41) is 4.01. The Kier molecular flexibility index (Phi) is 6.12. The lowest BCUT2D eigenvalue weighted by Gasteiger charge is -2.36. The summed E-state index contributed by atoms with van der Waals surface area (Å²) in [6.45, 7) is 1.21. The summed E-state index contributed by atoms with van der Waals surface area (Å²) in [7, 11) is 0. The minimum absolute atomic E-state index is 0.581. The van der Waals surface area contributed by atoms with Crippen LogP contribution in [0.25, 0.3) is 0 Å². The maximum absolute atomic E-state index is 4.01. The van der Waals surface area contributed by atoms with Crippen molar-refractivity contribution < 1.29 is 0 Å². The third-order valence-corrected chi connectivity index (χ3v) is 6.90. The van der Waals surface area contributed by atoms with Crippen molar-refractivity contribution in [1.29, 1.82) is 0 Å². The zero-order valence-corrected chi connectivity index (χ0v) is 17.2. The van der Waals surface area contributed by atoms with Crippen molar-refractivity contribution in [3.63, 3.8) is 0 Å². The predicted molar refractivity (Wildman–Crippen MR) is 114 cm³/mol. The van der Waals surface area contributed by atoms with Crippen molar-refractivity contribution in [2.75, 3.05) is 6.54 Å². The van der Waals surface area contributed by atoms with Gasteiger partial charge in [-0.3, -0.25) is 0 Å². The van der Waals surface area contributed by atoms with E-state index in [1.54, 1.807) is 5.56 Å². The first-order chi connectivity index (χ1) is 12.8.